The average Bonchev–Trinajstić information content (AvgIpc) is 2.57. The molecular weight excluding hydrogens is 364 g/mol. The molecule has 0 saturated carbocycles. The number of Topliss-reactive ketones (excluding diaryl/α,β-unsaturated/α-hetero) is 1. The number of carbonyl (C=O) groups excluding carboxylic acids is 2. The number of halogens is 1. The number of rotatable bonds is 2. The number of nitrogens with two attached hydrogens (primary N) is 1. The van der Waals surface area contributed by atoms with Crippen LogP contribution < -0.4 is 11.2 Å². The van der Waals surface area contributed by atoms with E-state index in [4.69, 9.17) is 17.3 Å². The molecule has 1 atom stereocenters. The Morgan fingerprint density at radius 2 is 1.96 bits per heavy atom. The third-order valence-corrected chi connectivity index (χ3v) is 5.11. The van der Waals surface area contributed by atoms with Gasteiger partial charge in [0.05, 0.1) is 23.3 Å². The van der Waals surface area contributed by atoms with Gasteiger partial charge in [0, 0.05) is 23.9 Å². The molecule has 1 aromatic carbocycles. The third-order valence-electron chi connectivity index (χ3n) is 4.85. The molecule has 1 amide bonds. The summed E-state index contributed by atoms with van der Waals surface area (Å²) in [5.74, 6) is -0.813. The van der Waals surface area contributed by atoms with Crippen LogP contribution >= 0.6 is 11.6 Å². The fourth-order valence-electron chi connectivity index (χ4n) is 3.78. The van der Waals surface area contributed by atoms with Crippen molar-refractivity contribution in [1.29, 1.82) is 5.26 Å². The highest BCUT2D eigenvalue weighted by Crippen LogP contribution is 2.48. The van der Waals surface area contributed by atoms with Gasteiger partial charge < -0.3 is 5.73 Å². The van der Waals surface area contributed by atoms with E-state index < -0.39 is 5.92 Å². The van der Waals surface area contributed by atoms with Crippen LogP contribution in [0.4, 0.5) is 0 Å². The van der Waals surface area contributed by atoms with Crippen molar-refractivity contribution in [2.45, 2.75) is 39.5 Å². The summed E-state index contributed by atoms with van der Waals surface area (Å²) in [6.07, 6.45) is 0.917. The van der Waals surface area contributed by atoms with E-state index >= 15 is 0 Å². The summed E-state index contributed by atoms with van der Waals surface area (Å²) in [6, 6.07) is 9.17. The van der Waals surface area contributed by atoms with Crippen LogP contribution in [0.15, 0.2) is 46.9 Å². The Bertz CT molecular complexity index is 922. The highest BCUT2D eigenvalue weighted by atomic mass is 35.5. The molecule has 2 aliphatic rings. The maximum absolute atomic E-state index is 13.1. The molecule has 27 heavy (non-hydrogen) atoms. The van der Waals surface area contributed by atoms with Crippen LogP contribution in [0, 0.1) is 16.7 Å². The number of nitriles is 1. The summed E-state index contributed by atoms with van der Waals surface area (Å²) in [5, 5.41) is 11.8. The standard InChI is InChI=1S/C20H21ClN4O2/c1-11(26)24-25-15-8-20(2,3)9-16(27)18(15)17(14(10-22)19(25)23)12-4-6-13(21)7-5-12/h4-7,17H,8-9,23H2,1-3H3,(H,24,26)/t17-/m1/s1. The average molecular weight is 385 g/mol. The second kappa shape index (κ2) is 6.75. The Kier molecular flexibility index (Phi) is 4.75. The number of amides is 1. The number of hydrogen-bond donors (Lipinski definition) is 2. The normalized spacial score (nSPS) is 21.7. The molecule has 0 unspecified atom stereocenters. The summed E-state index contributed by atoms with van der Waals surface area (Å²) < 4.78 is 0. The number of hydrazine groups is 1. The minimum Gasteiger partial charge on any atom is -0.383 e. The van der Waals surface area contributed by atoms with Crippen LogP contribution in [-0.2, 0) is 9.59 Å². The number of allylic oxidation sites excluding steroid dienone is 3. The molecule has 140 valence electrons. The zero-order valence-electron chi connectivity index (χ0n) is 15.5. The first kappa shape index (κ1) is 19.0. The van der Waals surface area contributed by atoms with Gasteiger partial charge in [-0.1, -0.05) is 37.6 Å². The van der Waals surface area contributed by atoms with Crippen molar-refractivity contribution in [1.82, 2.24) is 10.4 Å². The van der Waals surface area contributed by atoms with Crippen molar-refractivity contribution in [3.63, 3.8) is 0 Å². The van der Waals surface area contributed by atoms with E-state index in [1.807, 2.05) is 13.8 Å². The maximum atomic E-state index is 13.1. The maximum Gasteiger partial charge on any atom is 0.235 e. The summed E-state index contributed by atoms with van der Waals surface area (Å²) in [4.78, 5) is 24.8. The molecule has 0 fully saturated rings. The summed E-state index contributed by atoms with van der Waals surface area (Å²) >= 11 is 6.00. The second-order valence-electron chi connectivity index (χ2n) is 7.70. The lowest BCUT2D eigenvalue weighted by Crippen LogP contribution is -2.49. The van der Waals surface area contributed by atoms with Gasteiger partial charge in [0.2, 0.25) is 5.91 Å². The molecule has 0 spiro atoms. The second-order valence-corrected chi connectivity index (χ2v) is 8.14. The van der Waals surface area contributed by atoms with Crippen molar-refractivity contribution in [2.75, 3.05) is 0 Å². The fraction of sp³-hybridized carbons (Fsp3) is 0.350. The molecule has 3 N–H and O–H groups in total. The van der Waals surface area contributed by atoms with Crippen molar-refractivity contribution in [3.05, 3.63) is 57.5 Å². The monoisotopic (exact) mass is 384 g/mol. The lowest BCUT2D eigenvalue weighted by atomic mass is 9.69. The Morgan fingerprint density at radius 1 is 1.33 bits per heavy atom. The minimum absolute atomic E-state index is 0.0446. The number of nitrogens with zero attached hydrogens (tertiary/aromatic N) is 2. The molecular formula is C20H21ClN4O2. The third kappa shape index (κ3) is 3.43. The molecule has 1 aliphatic carbocycles. The predicted octanol–water partition coefficient (Wildman–Crippen LogP) is 3.13. The van der Waals surface area contributed by atoms with Gasteiger partial charge in [-0.15, -0.1) is 0 Å². The van der Waals surface area contributed by atoms with E-state index in [1.54, 1.807) is 24.3 Å². The Labute approximate surface area is 163 Å². The van der Waals surface area contributed by atoms with Crippen molar-refractivity contribution in [3.8, 4) is 6.07 Å². The van der Waals surface area contributed by atoms with Crippen molar-refractivity contribution in [2.24, 2.45) is 11.1 Å². The highest BCUT2D eigenvalue weighted by molar-refractivity contribution is 6.30. The summed E-state index contributed by atoms with van der Waals surface area (Å²) in [5.41, 5.74) is 10.8. The molecule has 3 rings (SSSR count). The molecule has 0 bridgehead atoms. The molecule has 0 saturated heterocycles. The van der Waals surface area contributed by atoms with Gasteiger partial charge in [-0.05, 0) is 29.5 Å². The van der Waals surface area contributed by atoms with Crippen LogP contribution in [-0.4, -0.2) is 16.7 Å². The number of benzene rings is 1. The molecule has 0 radical (unpaired) electrons. The Hall–Kier alpha value is -2.78. The van der Waals surface area contributed by atoms with E-state index in [0.717, 1.165) is 5.56 Å². The summed E-state index contributed by atoms with van der Waals surface area (Å²) in [6.45, 7) is 5.36. The molecule has 6 nitrogen and oxygen atoms in total. The van der Waals surface area contributed by atoms with E-state index in [0.29, 0.717) is 29.1 Å². The number of nitrogens with one attached hydrogen (secondary N) is 1. The molecule has 1 heterocycles. The zero-order valence-corrected chi connectivity index (χ0v) is 16.2. The van der Waals surface area contributed by atoms with Gasteiger partial charge in [0.1, 0.15) is 5.82 Å². The first-order valence-electron chi connectivity index (χ1n) is 8.63. The van der Waals surface area contributed by atoms with Gasteiger partial charge in [-0.25, -0.2) is 5.01 Å². The highest BCUT2D eigenvalue weighted by Gasteiger charge is 2.44. The topological polar surface area (TPSA) is 99.2 Å². The van der Waals surface area contributed by atoms with E-state index in [9.17, 15) is 14.9 Å². The van der Waals surface area contributed by atoms with Gasteiger partial charge in [-0.3, -0.25) is 15.0 Å². The minimum atomic E-state index is -0.573. The zero-order chi connectivity index (χ0) is 19.9. The SMILES string of the molecule is CC(=O)NN1C(N)=C(C#N)[C@@H](c2ccc(Cl)cc2)C2=C1CC(C)(C)CC2=O. The van der Waals surface area contributed by atoms with E-state index in [2.05, 4.69) is 11.5 Å². The smallest absolute Gasteiger partial charge is 0.235 e. The van der Waals surface area contributed by atoms with Crippen molar-refractivity contribution < 1.29 is 9.59 Å². The lowest BCUT2D eigenvalue weighted by molar-refractivity contribution is -0.123. The van der Waals surface area contributed by atoms with Gasteiger partial charge >= 0.3 is 0 Å². The number of ketones is 1. The summed E-state index contributed by atoms with van der Waals surface area (Å²) in [7, 11) is 0. The molecule has 7 heteroatoms. The van der Waals surface area contributed by atoms with E-state index in [1.165, 1.54) is 11.9 Å². The van der Waals surface area contributed by atoms with Crippen LogP contribution in [0.3, 0.4) is 0 Å². The van der Waals surface area contributed by atoms with Crippen LogP contribution in [0.2, 0.25) is 5.02 Å². The fourth-order valence-corrected chi connectivity index (χ4v) is 3.91. The molecule has 1 aromatic rings. The first-order chi connectivity index (χ1) is 12.6. The van der Waals surface area contributed by atoms with Gasteiger partial charge in [0.25, 0.3) is 0 Å². The van der Waals surface area contributed by atoms with E-state index in [-0.39, 0.29) is 28.5 Å². The molecule has 1 aliphatic heterocycles. The Morgan fingerprint density at radius 3 is 2.52 bits per heavy atom. The quantitative estimate of drug-likeness (QED) is 0.816. The predicted molar refractivity (Wildman–Crippen MR) is 102 cm³/mol. The van der Waals surface area contributed by atoms with Crippen LogP contribution in [0.1, 0.15) is 45.1 Å². The first-order valence-corrected chi connectivity index (χ1v) is 9.01. The number of carbonyl (C=O) groups is 2. The van der Waals surface area contributed by atoms with Crippen LogP contribution in [0.5, 0.6) is 0 Å². The number of hydrogen-bond acceptors (Lipinski definition) is 5. The van der Waals surface area contributed by atoms with Gasteiger partial charge in [0.15, 0.2) is 5.78 Å². The van der Waals surface area contributed by atoms with Crippen molar-refractivity contribution >= 4 is 23.3 Å². The van der Waals surface area contributed by atoms with Crippen LogP contribution in [0.25, 0.3) is 0 Å². The largest absolute Gasteiger partial charge is 0.383 e. The van der Waals surface area contributed by atoms with Gasteiger partial charge in [-0.2, -0.15) is 5.26 Å². The molecule has 0 aromatic heterocycles. The lowest BCUT2D eigenvalue weighted by Gasteiger charge is -2.43. The Balaban J connectivity index is 2.25.